The Morgan fingerprint density at radius 1 is 1.35 bits per heavy atom. The van der Waals surface area contributed by atoms with Crippen LogP contribution in [0.3, 0.4) is 0 Å². The molecule has 0 aromatic heterocycles. The molecule has 0 radical (unpaired) electrons. The maximum atomic E-state index is 12.0. The summed E-state index contributed by atoms with van der Waals surface area (Å²) in [5, 5.41) is 17.1. The zero-order valence-corrected chi connectivity index (χ0v) is 11.5. The number of nitro benzene ring substituents is 1. The number of benzene rings is 1. The number of nitrogens with two attached hydrogens (primary N) is 1. The van der Waals surface area contributed by atoms with Gasteiger partial charge in [0.1, 0.15) is 0 Å². The molecule has 96 valence electrons. The zero-order valence-electron chi connectivity index (χ0n) is 8.56. The van der Waals surface area contributed by atoms with E-state index < -0.39 is 22.4 Å². The van der Waals surface area contributed by atoms with Gasteiger partial charge in [0.15, 0.2) is 5.69 Å². The van der Waals surface area contributed by atoms with Crippen molar-refractivity contribution in [1.29, 1.82) is 0 Å². The average molecular weight is 422 g/mol. The molecule has 1 aromatic rings. The number of nitro groups is 1. The standard InChI is InChI=1S/C7H3F3NO2.CH4O.H2N.W/c8-7(9,10)5-2-1-3-6(4-5)11(12)13;1-2;;/h2-4H;2H,1H3;1H2;/q-1;;-1;+2. The van der Waals surface area contributed by atoms with Gasteiger partial charge in [0.25, 0.3) is 0 Å². The second-order valence-corrected chi connectivity index (χ2v) is 2.23. The Kier molecular flexibility index (Phi) is 11.4. The van der Waals surface area contributed by atoms with Gasteiger partial charge < -0.3 is 11.3 Å². The third kappa shape index (κ3) is 7.04. The second-order valence-electron chi connectivity index (χ2n) is 2.23. The molecule has 0 heterocycles. The SMILES string of the molecule is CO.O=[N+]([O-])c1c[c-]cc(C(F)(F)F)c1.[NH2-].[W+2]. The van der Waals surface area contributed by atoms with Crippen LogP contribution in [0.15, 0.2) is 18.2 Å². The molecule has 0 fully saturated rings. The van der Waals surface area contributed by atoms with Crippen molar-refractivity contribution in [1.82, 2.24) is 0 Å². The Bertz CT molecular complexity index is 347. The van der Waals surface area contributed by atoms with Gasteiger partial charge in [-0.05, 0) is 5.56 Å². The summed E-state index contributed by atoms with van der Waals surface area (Å²) in [6.45, 7) is 0. The Morgan fingerprint density at radius 2 is 1.82 bits per heavy atom. The van der Waals surface area contributed by atoms with E-state index in [1.165, 1.54) is 0 Å². The molecule has 1 aromatic carbocycles. The van der Waals surface area contributed by atoms with Crippen molar-refractivity contribution in [2.24, 2.45) is 0 Å². The molecular formula is C8H9F3N2O3W. The second kappa shape index (κ2) is 9.09. The van der Waals surface area contributed by atoms with Gasteiger partial charge in [0.2, 0.25) is 0 Å². The molecule has 1 rings (SSSR count). The minimum Gasteiger partial charge on any atom is -0.693 e. The maximum absolute atomic E-state index is 12.0. The number of hydrogen-bond acceptors (Lipinski definition) is 3. The van der Waals surface area contributed by atoms with Crippen LogP contribution < -0.4 is 0 Å². The van der Waals surface area contributed by atoms with Gasteiger partial charge in [-0.25, -0.2) is 0 Å². The van der Waals surface area contributed by atoms with Crippen LogP contribution in [0.2, 0.25) is 0 Å². The van der Waals surface area contributed by atoms with E-state index in [-0.39, 0.29) is 27.2 Å². The Hall–Kier alpha value is -0.982. The van der Waals surface area contributed by atoms with E-state index in [0.717, 1.165) is 13.2 Å². The van der Waals surface area contributed by atoms with E-state index in [2.05, 4.69) is 6.07 Å². The molecule has 9 heteroatoms. The molecule has 0 aliphatic rings. The molecule has 0 amide bonds. The first-order chi connectivity index (χ1) is 6.91. The minimum atomic E-state index is -4.57. The summed E-state index contributed by atoms with van der Waals surface area (Å²) in [6.07, 6.45) is -4.57. The van der Waals surface area contributed by atoms with Crippen LogP contribution in [0.4, 0.5) is 18.9 Å². The van der Waals surface area contributed by atoms with Crippen LogP contribution in [-0.4, -0.2) is 17.1 Å². The molecule has 0 unspecified atom stereocenters. The van der Waals surface area contributed by atoms with Crippen molar-refractivity contribution >= 4 is 5.69 Å². The molecule has 0 saturated carbocycles. The number of non-ortho nitro benzene ring substituents is 1. The summed E-state index contributed by atoms with van der Waals surface area (Å²) in [4.78, 5) is 9.20. The maximum Gasteiger partial charge on any atom is 2.00 e. The Morgan fingerprint density at radius 3 is 2.18 bits per heavy atom. The number of rotatable bonds is 1. The van der Waals surface area contributed by atoms with Crippen LogP contribution in [0, 0.1) is 16.2 Å². The fourth-order valence-corrected chi connectivity index (χ4v) is 0.729. The monoisotopic (exact) mass is 422 g/mol. The molecule has 0 aliphatic carbocycles. The van der Waals surface area contributed by atoms with Gasteiger partial charge in [-0.3, -0.25) is 10.1 Å². The first-order valence-electron chi connectivity index (χ1n) is 3.58. The van der Waals surface area contributed by atoms with E-state index in [0.29, 0.717) is 12.1 Å². The quantitative estimate of drug-likeness (QED) is 0.428. The molecule has 0 atom stereocenters. The summed E-state index contributed by atoms with van der Waals surface area (Å²) in [5.41, 5.74) is -1.68. The summed E-state index contributed by atoms with van der Waals surface area (Å²) in [5.74, 6) is 0. The number of aliphatic hydroxyl groups excluding tert-OH is 1. The number of nitrogens with zero attached hydrogens (tertiary/aromatic N) is 1. The van der Waals surface area contributed by atoms with Crippen LogP contribution in [0.1, 0.15) is 5.56 Å². The number of halogens is 3. The van der Waals surface area contributed by atoms with Gasteiger partial charge in [0, 0.05) is 12.0 Å². The first-order valence-corrected chi connectivity index (χ1v) is 3.58. The van der Waals surface area contributed by atoms with E-state index >= 15 is 0 Å². The molecule has 0 aliphatic heterocycles. The Labute approximate surface area is 110 Å². The topological polar surface area (TPSA) is 96.9 Å². The summed E-state index contributed by atoms with van der Waals surface area (Å²) in [7, 11) is 1.00. The Balaban J connectivity index is -0.000000464. The van der Waals surface area contributed by atoms with Crippen molar-refractivity contribution in [2.45, 2.75) is 6.18 Å². The van der Waals surface area contributed by atoms with Crippen LogP contribution in [0.5, 0.6) is 0 Å². The van der Waals surface area contributed by atoms with Crippen molar-refractivity contribution < 1.29 is 44.3 Å². The van der Waals surface area contributed by atoms with E-state index in [1.807, 2.05) is 0 Å². The third-order valence-electron chi connectivity index (χ3n) is 1.31. The minimum absolute atomic E-state index is 0. The third-order valence-corrected chi connectivity index (χ3v) is 1.31. The van der Waals surface area contributed by atoms with Crippen LogP contribution in [-0.2, 0) is 27.2 Å². The van der Waals surface area contributed by atoms with Crippen molar-refractivity contribution in [3.05, 3.63) is 46.1 Å². The van der Waals surface area contributed by atoms with Gasteiger partial charge in [0.05, 0.1) is 0 Å². The number of aliphatic hydroxyl groups is 1. The van der Waals surface area contributed by atoms with Crippen molar-refractivity contribution in [3.8, 4) is 0 Å². The summed E-state index contributed by atoms with van der Waals surface area (Å²) < 4.78 is 36.0. The largest absolute Gasteiger partial charge is 2.00 e. The van der Waals surface area contributed by atoms with E-state index in [1.54, 1.807) is 0 Å². The fourth-order valence-electron chi connectivity index (χ4n) is 0.729. The van der Waals surface area contributed by atoms with Gasteiger partial charge in [-0.15, -0.1) is 6.07 Å². The van der Waals surface area contributed by atoms with E-state index in [4.69, 9.17) is 5.11 Å². The fraction of sp³-hybridized carbons (Fsp3) is 0.250. The summed E-state index contributed by atoms with van der Waals surface area (Å²) in [6, 6.07) is 4.07. The molecule has 17 heavy (non-hydrogen) atoms. The number of hydrogen-bond donors (Lipinski definition) is 1. The molecule has 0 saturated heterocycles. The van der Waals surface area contributed by atoms with Gasteiger partial charge in [-0.2, -0.15) is 25.3 Å². The van der Waals surface area contributed by atoms with Crippen LogP contribution >= 0.6 is 0 Å². The smallest absolute Gasteiger partial charge is 0.693 e. The molecular weight excluding hydrogens is 413 g/mol. The predicted octanol–water partition coefficient (Wildman–Crippen LogP) is 2.74. The summed E-state index contributed by atoms with van der Waals surface area (Å²) >= 11 is 0. The van der Waals surface area contributed by atoms with Crippen molar-refractivity contribution in [3.63, 3.8) is 0 Å². The van der Waals surface area contributed by atoms with Crippen LogP contribution in [0.25, 0.3) is 6.15 Å². The molecule has 3 N–H and O–H groups in total. The first kappa shape index (κ1) is 21.3. The molecule has 0 spiro atoms. The predicted molar refractivity (Wildman–Crippen MR) is 50.4 cm³/mol. The van der Waals surface area contributed by atoms with Gasteiger partial charge >= 0.3 is 27.2 Å². The van der Waals surface area contributed by atoms with Crippen molar-refractivity contribution in [2.75, 3.05) is 7.11 Å². The van der Waals surface area contributed by atoms with E-state index in [9.17, 15) is 23.3 Å². The zero-order chi connectivity index (χ0) is 12.1. The average Bonchev–Trinajstić information content (AvgIpc) is 2.20. The molecule has 0 bridgehead atoms. The van der Waals surface area contributed by atoms with Gasteiger partial charge in [-0.1, -0.05) is 6.07 Å². The number of alkyl halides is 3. The normalized spacial score (nSPS) is 9.00. The molecule has 5 nitrogen and oxygen atoms in total.